The lowest BCUT2D eigenvalue weighted by molar-refractivity contribution is -0.139. The van der Waals surface area contributed by atoms with E-state index in [9.17, 15) is 9.59 Å². The van der Waals surface area contributed by atoms with Crippen LogP contribution in [0.3, 0.4) is 0 Å². The van der Waals surface area contributed by atoms with Crippen LogP contribution < -0.4 is 9.47 Å². The summed E-state index contributed by atoms with van der Waals surface area (Å²) in [7, 11) is 1.49. The molecule has 178 valence electrons. The number of para-hydroxylation sites is 1. The van der Waals surface area contributed by atoms with Crippen LogP contribution in [0, 0.1) is 5.92 Å². The van der Waals surface area contributed by atoms with Crippen LogP contribution in [0.15, 0.2) is 58.4 Å². The minimum atomic E-state index is -1.07. The van der Waals surface area contributed by atoms with Gasteiger partial charge in [-0.15, -0.1) is 0 Å². The van der Waals surface area contributed by atoms with Gasteiger partial charge in [0, 0.05) is 6.04 Å². The van der Waals surface area contributed by atoms with E-state index < -0.39 is 12.6 Å². The van der Waals surface area contributed by atoms with Gasteiger partial charge in [-0.3, -0.25) is 9.69 Å². The summed E-state index contributed by atoms with van der Waals surface area (Å²) in [6, 6.07) is 15.0. The molecule has 7 nitrogen and oxygen atoms in total. The number of nitrogens with zero attached hydrogens (tertiary/aromatic N) is 2. The van der Waals surface area contributed by atoms with Crippen LogP contribution in [0.25, 0.3) is 6.08 Å². The number of amides is 1. The number of thioether (sulfide) groups is 1. The van der Waals surface area contributed by atoms with E-state index in [2.05, 4.69) is 6.92 Å². The zero-order chi connectivity index (χ0) is 24.1. The van der Waals surface area contributed by atoms with E-state index in [1.807, 2.05) is 41.3 Å². The van der Waals surface area contributed by atoms with Crippen LogP contribution in [-0.4, -0.2) is 46.8 Å². The van der Waals surface area contributed by atoms with Gasteiger partial charge in [0.1, 0.15) is 0 Å². The lowest BCUT2D eigenvalue weighted by Gasteiger charge is -2.35. The van der Waals surface area contributed by atoms with E-state index in [-0.39, 0.29) is 11.9 Å². The Bertz CT molecular complexity index is 1120. The molecule has 1 amide bonds. The molecule has 1 aliphatic carbocycles. The second kappa shape index (κ2) is 10.8. The molecule has 0 aromatic heterocycles. The number of rotatable bonds is 7. The highest BCUT2D eigenvalue weighted by atomic mass is 32.2. The number of methoxy groups -OCH3 is 1. The highest BCUT2D eigenvalue weighted by Gasteiger charge is 2.41. The third-order valence-corrected chi connectivity index (χ3v) is 7.04. The Labute approximate surface area is 203 Å². The number of amidine groups is 1. The van der Waals surface area contributed by atoms with Gasteiger partial charge in [-0.25, -0.2) is 9.79 Å². The maximum absolute atomic E-state index is 13.6. The Morgan fingerprint density at radius 1 is 1.18 bits per heavy atom. The number of benzene rings is 2. The molecule has 2 aromatic rings. The molecule has 1 heterocycles. The van der Waals surface area contributed by atoms with Gasteiger partial charge in [0.05, 0.1) is 17.7 Å². The summed E-state index contributed by atoms with van der Waals surface area (Å²) >= 11 is 1.38. The first-order valence-corrected chi connectivity index (χ1v) is 12.2. The van der Waals surface area contributed by atoms with Crippen molar-refractivity contribution in [2.24, 2.45) is 10.9 Å². The molecule has 34 heavy (non-hydrogen) atoms. The Hall–Kier alpha value is -3.26. The number of hydrogen-bond acceptors (Lipinski definition) is 6. The van der Waals surface area contributed by atoms with Crippen LogP contribution in [0.5, 0.6) is 11.5 Å². The normalized spacial score (nSPS) is 22.9. The molecule has 0 bridgehead atoms. The number of aliphatic imine (C=N–C) groups is 1. The second-order valence-corrected chi connectivity index (χ2v) is 9.45. The molecule has 2 atom stereocenters. The monoisotopic (exact) mass is 480 g/mol. The smallest absolute Gasteiger partial charge is 0.341 e. The summed E-state index contributed by atoms with van der Waals surface area (Å²) in [5, 5.41) is 9.57. The number of hydrogen-bond donors (Lipinski definition) is 1. The van der Waals surface area contributed by atoms with Crippen molar-refractivity contribution >= 4 is 40.6 Å². The molecule has 1 saturated heterocycles. The molecule has 4 rings (SSSR count). The fraction of sp³-hybridized carbons (Fsp3) is 0.346. The fourth-order valence-corrected chi connectivity index (χ4v) is 5.38. The lowest BCUT2D eigenvalue weighted by Crippen LogP contribution is -2.44. The topological polar surface area (TPSA) is 88.4 Å². The average Bonchev–Trinajstić information content (AvgIpc) is 3.13. The summed E-state index contributed by atoms with van der Waals surface area (Å²) < 4.78 is 10.6. The Morgan fingerprint density at radius 3 is 2.65 bits per heavy atom. The van der Waals surface area contributed by atoms with Gasteiger partial charge in [0.2, 0.25) is 0 Å². The number of carbonyl (C=O) groups excluding carboxylic acids is 1. The summed E-state index contributed by atoms with van der Waals surface area (Å²) in [5.74, 6) is 0.0415. The van der Waals surface area contributed by atoms with Crippen molar-refractivity contribution in [2.75, 3.05) is 13.7 Å². The quantitative estimate of drug-likeness (QED) is 0.538. The minimum Gasteiger partial charge on any atom is -0.493 e. The van der Waals surface area contributed by atoms with Crippen molar-refractivity contribution < 1.29 is 24.2 Å². The van der Waals surface area contributed by atoms with Gasteiger partial charge >= 0.3 is 5.97 Å². The Balaban J connectivity index is 1.66. The van der Waals surface area contributed by atoms with Crippen LogP contribution in [0.4, 0.5) is 5.69 Å². The molecule has 1 aliphatic heterocycles. The number of carboxylic acids is 1. The third-order valence-electron chi connectivity index (χ3n) is 6.05. The summed E-state index contributed by atoms with van der Waals surface area (Å²) in [4.78, 5) is 31.7. The molecule has 2 fully saturated rings. The summed E-state index contributed by atoms with van der Waals surface area (Å²) in [5.41, 5.74) is 1.57. The predicted molar refractivity (Wildman–Crippen MR) is 133 cm³/mol. The standard InChI is InChI=1S/C26H28N2O5S/c1-17-8-6-7-11-20(17)28-25(31)23(34-26(28)27-19-9-4-3-5-10-19)15-18-12-13-21(22(14-18)32-2)33-16-24(29)30/h3-5,9-10,12-15,17,20H,6-8,11,16H2,1-2H3,(H,29,30)/b23-15-,27-26?/t17-,20-/m0/s1. The average molecular weight is 481 g/mol. The minimum absolute atomic E-state index is 0.0383. The van der Waals surface area contributed by atoms with E-state index in [1.165, 1.54) is 25.3 Å². The number of ether oxygens (including phenoxy) is 2. The van der Waals surface area contributed by atoms with Crippen LogP contribution in [0.1, 0.15) is 38.2 Å². The first kappa shape index (κ1) is 23.9. The number of carboxylic acid groups (broad SMARTS) is 1. The fourth-order valence-electron chi connectivity index (χ4n) is 4.33. The zero-order valence-corrected chi connectivity index (χ0v) is 20.1. The van der Waals surface area contributed by atoms with E-state index in [0.29, 0.717) is 27.5 Å². The van der Waals surface area contributed by atoms with Crippen molar-refractivity contribution in [3.63, 3.8) is 0 Å². The Morgan fingerprint density at radius 2 is 1.94 bits per heavy atom. The molecule has 1 N–H and O–H groups in total. The van der Waals surface area contributed by atoms with Crippen molar-refractivity contribution in [3.8, 4) is 11.5 Å². The van der Waals surface area contributed by atoms with Crippen LogP contribution in [-0.2, 0) is 9.59 Å². The Kier molecular flexibility index (Phi) is 7.57. The lowest BCUT2D eigenvalue weighted by atomic mass is 9.85. The molecule has 8 heteroatoms. The van der Waals surface area contributed by atoms with Gasteiger partial charge < -0.3 is 14.6 Å². The van der Waals surface area contributed by atoms with Crippen molar-refractivity contribution in [2.45, 2.75) is 38.6 Å². The maximum Gasteiger partial charge on any atom is 0.341 e. The second-order valence-electron chi connectivity index (χ2n) is 8.44. The van der Waals surface area contributed by atoms with Gasteiger partial charge in [0.25, 0.3) is 5.91 Å². The van der Waals surface area contributed by atoms with Crippen LogP contribution in [0.2, 0.25) is 0 Å². The third kappa shape index (κ3) is 5.44. The van der Waals surface area contributed by atoms with E-state index in [0.717, 1.165) is 30.5 Å². The zero-order valence-electron chi connectivity index (χ0n) is 19.3. The number of carbonyl (C=O) groups is 2. The van der Waals surface area contributed by atoms with E-state index >= 15 is 0 Å². The highest BCUT2D eigenvalue weighted by molar-refractivity contribution is 8.18. The molecule has 0 radical (unpaired) electrons. The van der Waals surface area contributed by atoms with Crippen LogP contribution >= 0.6 is 11.8 Å². The van der Waals surface area contributed by atoms with E-state index in [1.54, 1.807) is 18.2 Å². The highest BCUT2D eigenvalue weighted by Crippen LogP contribution is 2.40. The molecule has 1 saturated carbocycles. The summed E-state index contributed by atoms with van der Waals surface area (Å²) in [6.45, 7) is 1.75. The molecule has 0 spiro atoms. The molecule has 2 aliphatic rings. The van der Waals surface area contributed by atoms with E-state index in [4.69, 9.17) is 19.6 Å². The van der Waals surface area contributed by atoms with Crippen molar-refractivity contribution in [1.82, 2.24) is 4.90 Å². The largest absolute Gasteiger partial charge is 0.493 e. The van der Waals surface area contributed by atoms with Gasteiger partial charge in [0.15, 0.2) is 23.3 Å². The maximum atomic E-state index is 13.6. The van der Waals surface area contributed by atoms with Crippen molar-refractivity contribution in [1.29, 1.82) is 0 Å². The first-order chi connectivity index (χ1) is 16.5. The van der Waals surface area contributed by atoms with Gasteiger partial charge in [-0.05, 0) is 66.4 Å². The predicted octanol–water partition coefficient (Wildman–Crippen LogP) is 5.34. The SMILES string of the molecule is COc1cc(/C=C2\SC(=Nc3ccccc3)N([C@H]3CCCC[C@@H]3C)C2=O)ccc1OCC(=O)O. The molecule has 2 aromatic carbocycles. The summed E-state index contributed by atoms with van der Waals surface area (Å²) in [6.07, 6.45) is 6.20. The van der Waals surface area contributed by atoms with Gasteiger partial charge in [-0.1, -0.05) is 44.0 Å². The van der Waals surface area contributed by atoms with Gasteiger partial charge in [-0.2, -0.15) is 0 Å². The van der Waals surface area contributed by atoms with Crippen molar-refractivity contribution in [3.05, 3.63) is 59.0 Å². The first-order valence-electron chi connectivity index (χ1n) is 11.4. The molecule has 0 unspecified atom stereocenters. The molecular weight excluding hydrogens is 452 g/mol. The number of aliphatic carboxylic acids is 1. The molecular formula is C26H28N2O5S.